The Morgan fingerprint density at radius 3 is 2.71 bits per heavy atom. The second-order valence-corrected chi connectivity index (χ2v) is 6.62. The minimum atomic E-state index is -0.308. The van der Waals surface area contributed by atoms with E-state index < -0.39 is 0 Å². The van der Waals surface area contributed by atoms with Crippen LogP contribution in [0.25, 0.3) is 0 Å². The van der Waals surface area contributed by atoms with Gasteiger partial charge in [-0.05, 0) is 43.2 Å². The molecule has 0 heterocycles. The van der Waals surface area contributed by atoms with Crippen LogP contribution in [0.3, 0.4) is 0 Å². The number of benzene rings is 1. The van der Waals surface area contributed by atoms with E-state index in [1.54, 1.807) is 0 Å². The van der Waals surface area contributed by atoms with Gasteiger partial charge in [-0.3, -0.25) is 0 Å². The van der Waals surface area contributed by atoms with Crippen molar-refractivity contribution in [2.45, 2.75) is 51.0 Å². The first-order chi connectivity index (χ1) is 10.2. The summed E-state index contributed by atoms with van der Waals surface area (Å²) in [6.07, 6.45) is 7.92. The molecule has 1 fully saturated rings. The van der Waals surface area contributed by atoms with Crippen molar-refractivity contribution in [3.63, 3.8) is 0 Å². The van der Waals surface area contributed by atoms with E-state index in [0.29, 0.717) is 5.92 Å². The molecule has 1 amide bonds. The van der Waals surface area contributed by atoms with E-state index in [0.717, 1.165) is 17.3 Å². The number of rotatable bonds is 5. The van der Waals surface area contributed by atoms with Crippen LogP contribution >= 0.6 is 15.9 Å². The molecular weight excluding hydrogens is 330 g/mol. The molecule has 4 heteroatoms. The van der Waals surface area contributed by atoms with Crippen LogP contribution in [-0.2, 0) is 11.2 Å². The Morgan fingerprint density at radius 2 is 2.05 bits per heavy atom. The highest BCUT2D eigenvalue weighted by Gasteiger charge is 2.25. The number of nitrogens with one attached hydrogen (secondary N) is 1. The normalized spacial score (nSPS) is 17.2. The summed E-state index contributed by atoms with van der Waals surface area (Å²) in [6, 6.07) is 8.51. The third-order valence-electron chi connectivity index (χ3n) is 4.39. The minimum Gasteiger partial charge on any atom is -0.453 e. The second kappa shape index (κ2) is 8.42. The van der Waals surface area contributed by atoms with Gasteiger partial charge < -0.3 is 10.1 Å². The van der Waals surface area contributed by atoms with E-state index in [2.05, 4.69) is 39.4 Å². The summed E-state index contributed by atoms with van der Waals surface area (Å²) in [5.41, 5.74) is 1.30. The maximum Gasteiger partial charge on any atom is 0.407 e. The molecule has 0 radical (unpaired) electrons. The number of methoxy groups -OCH3 is 1. The number of hydrogen-bond acceptors (Lipinski definition) is 2. The number of ether oxygens (including phenoxy) is 1. The fourth-order valence-electron chi connectivity index (χ4n) is 3.18. The van der Waals surface area contributed by atoms with Crippen molar-refractivity contribution in [2.75, 3.05) is 7.11 Å². The quantitative estimate of drug-likeness (QED) is 0.833. The van der Waals surface area contributed by atoms with Gasteiger partial charge in [0.25, 0.3) is 0 Å². The third-order valence-corrected chi connectivity index (χ3v) is 5.16. The Morgan fingerprint density at radius 1 is 1.33 bits per heavy atom. The molecule has 0 saturated heterocycles. The highest BCUT2D eigenvalue weighted by atomic mass is 79.9. The Labute approximate surface area is 135 Å². The standard InChI is InChI=1S/C17H24BrNO2/c1-21-17(20)19-16(14-8-3-2-4-9-14)12-11-13-7-5-6-10-15(13)18/h5-7,10,14,16H,2-4,8-9,11-12H2,1H3,(H,19,20)/t16-/m1/s1. The van der Waals surface area contributed by atoms with Crippen molar-refractivity contribution in [1.29, 1.82) is 0 Å². The molecule has 116 valence electrons. The van der Waals surface area contributed by atoms with E-state index in [1.165, 1.54) is 44.8 Å². The molecule has 1 aromatic rings. The summed E-state index contributed by atoms with van der Waals surface area (Å²) in [6.45, 7) is 0. The van der Waals surface area contributed by atoms with Crippen LogP contribution in [0.4, 0.5) is 4.79 Å². The molecule has 0 aromatic heterocycles. The van der Waals surface area contributed by atoms with Crippen molar-refractivity contribution in [3.05, 3.63) is 34.3 Å². The molecule has 1 aliphatic rings. The van der Waals surface area contributed by atoms with Gasteiger partial charge in [0.05, 0.1) is 7.11 Å². The fraction of sp³-hybridized carbons (Fsp3) is 0.588. The van der Waals surface area contributed by atoms with Gasteiger partial charge >= 0.3 is 6.09 Å². The highest BCUT2D eigenvalue weighted by Crippen LogP contribution is 2.29. The lowest BCUT2D eigenvalue weighted by atomic mass is 9.82. The first-order valence-electron chi connectivity index (χ1n) is 7.78. The molecule has 0 unspecified atom stereocenters. The predicted octanol–water partition coefficient (Wildman–Crippen LogP) is 4.69. The molecular formula is C17H24BrNO2. The topological polar surface area (TPSA) is 38.3 Å². The molecule has 0 bridgehead atoms. The number of alkyl carbamates (subject to hydrolysis) is 1. The van der Waals surface area contributed by atoms with E-state index >= 15 is 0 Å². The third kappa shape index (κ3) is 5.03. The van der Waals surface area contributed by atoms with Gasteiger partial charge in [0.15, 0.2) is 0 Å². The van der Waals surface area contributed by atoms with Gasteiger partial charge in [-0.2, -0.15) is 0 Å². The molecule has 2 rings (SSSR count). The van der Waals surface area contributed by atoms with Crippen LogP contribution in [0.15, 0.2) is 28.7 Å². The molecule has 1 saturated carbocycles. The number of hydrogen-bond donors (Lipinski definition) is 1. The van der Waals surface area contributed by atoms with Crippen molar-refractivity contribution in [2.24, 2.45) is 5.92 Å². The SMILES string of the molecule is COC(=O)N[C@H](CCc1ccccc1Br)C1CCCCC1. The molecule has 1 N–H and O–H groups in total. The molecule has 3 nitrogen and oxygen atoms in total. The van der Waals surface area contributed by atoms with Gasteiger partial charge in [0.1, 0.15) is 0 Å². The van der Waals surface area contributed by atoms with Crippen LogP contribution in [0.1, 0.15) is 44.1 Å². The number of amides is 1. The summed E-state index contributed by atoms with van der Waals surface area (Å²) in [7, 11) is 1.43. The zero-order valence-electron chi connectivity index (χ0n) is 12.6. The number of carbonyl (C=O) groups is 1. The summed E-state index contributed by atoms with van der Waals surface area (Å²) < 4.78 is 5.93. The summed E-state index contributed by atoms with van der Waals surface area (Å²) in [5.74, 6) is 0.584. The second-order valence-electron chi connectivity index (χ2n) is 5.77. The lowest BCUT2D eigenvalue weighted by Gasteiger charge is -2.30. The van der Waals surface area contributed by atoms with Crippen molar-refractivity contribution < 1.29 is 9.53 Å². The van der Waals surface area contributed by atoms with Crippen molar-refractivity contribution >= 4 is 22.0 Å². The Bertz CT molecular complexity index is 458. The maximum atomic E-state index is 11.6. The van der Waals surface area contributed by atoms with Gasteiger partial charge in [0, 0.05) is 10.5 Å². The summed E-state index contributed by atoms with van der Waals surface area (Å²) >= 11 is 3.59. The minimum absolute atomic E-state index is 0.213. The van der Waals surface area contributed by atoms with E-state index in [1.807, 2.05) is 6.07 Å². The zero-order valence-corrected chi connectivity index (χ0v) is 14.2. The average molecular weight is 354 g/mol. The smallest absolute Gasteiger partial charge is 0.407 e. The fourth-order valence-corrected chi connectivity index (χ4v) is 3.67. The zero-order chi connectivity index (χ0) is 15.1. The van der Waals surface area contributed by atoms with Gasteiger partial charge in [-0.25, -0.2) is 4.79 Å². The molecule has 21 heavy (non-hydrogen) atoms. The van der Waals surface area contributed by atoms with Crippen LogP contribution in [0.5, 0.6) is 0 Å². The molecule has 0 aliphatic heterocycles. The number of halogens is 1. The molecule has 0 spiro atoms. The first kappa shape index (κ1) is 16.3. The highest BCUT2D eigenvalue weighted by molar-refractivity contribution is 9.10. The van der Waals surface area contributed by atoms with Crippen LogP contribution in [-0.4, -0.2) is 19.2 Å². The van der Waals surface area contributed by atoms with Crippen molar-refractivity contribution in [3.8, 4) is 0 Å². The van der Waals surface area contributed by atoms with Crippen LogP contribution in [0, 0.1) is 5.92 Å². The first-order valence-corrected chi connectivity index (χ1v) is 8.58. The van der Waals surface area contributed by atoms with Crippen LogP contribution < -0.4 is 5.32 Å². The molecule has 1 aliphatic carbocycles. The number of aryl methyl sites for hydroxylation is 1. The van der Waals surface area contributed by atoms with Gasteiger partial charge in [-0.1, -0.05) is 53.4 Å². The predicted molar refractivity (Wildman–Crippen MR) is 88.4 cm³/mol. The number of carbonyl (C=O) groups excluding carboxylic acids is 1. The Kier molecular flexibility index (Phi) is 6.55. The van der Waals surface area contributed by atoms with Crippen LogP contribution in [0.2, 0.25) is 0 Å². The monoisotopic (exact) mass is 353 g/mol. The summed E-state index contributed by atoms with van der Waals surface area (Å²) in [5, 5.41) is 3.05. The lowest BCUT2D eigenvalue weighted by molar-refractivity contribution is 0.155. The van der Waals surface area contributed by atoms with Gasteiger partial charge in [-0.15, -0.1) is 0 Å². The average Bonchev–Trinajstić information content (AvgIpc) is 2.53. The van der Waals surface area contributed by atoms with E-state index in [4.69, 9.17) is 4.74 Å². The van der Waals surface area contributed by atoms with Crippen molar-refractivity contribution in [1.82, 2.24) is 5.32 Å². The summed E-state index contributed by atoms with van der Waals surface area (Å²) in [4.78, 5) is 11.6. The van der Waals surface area contributed by atoms with E-state index in [-0.39, 0.29) is 12.1 Å². The van der Waals surface area contributed by atoms with Gasteiger partial charge in [0.2, 0.25) is 0 Å². The lowest BCUT2D eigenvalue weighted by Crippen LogP contribution is -2.41. The molecule has 1 aromatic carbocycles. The van der Waals surface area contributed by atoms with E-state index in [9.17, 15) is 4.79 Å². The Hall–Kier alpha value is -1.03. The Balaban J connectivity index is 1.97. The maximum absolute atomic E-state index is 11.6. The largest absolute Gasteiger partial charge is 0.453 e. The molecule has 1 atom stereocenters.